The van der Waals surface area contributed by atoms with Gasteiger partial charge in [0.25, 0.3) is 0 Å². The monoisotopic (exact) mass is 460 g/mol. The predicted octanol–water partition coefficient (Wildman–Crippen LogP) is -7.02. The molecule has 0 atom stereocenters. The van der Waals surface area contributed by atoms with E-state index in [2.05, 4.69) is 0 Å². The van der Waals surface area contributed by atoms with E-state index in [1.54, 1.807) is 0 Å². The fourth-order valence-corrected chi connectivity index (χ4v) is 0. The molecule has 0 aliphatic rings. The molecular weight excluding hydrogens is 427 g/mol. The van der Waals surface area contributed by atoms with E-state index in [1.165, 1.54) is 0 Å². The Balaban J connectivity index is -0.0000000309. The average Bonchev–Trinajstić information content (AvgIpc) is 2.45. The number of carbonyl (C=O) groups excluding carboxylic acids is 3. The van der Waals surface area contributed by atoms with Gasteiger partial charge in [0.2, 0.25) is 0 Å². The molecule has 0 rings (SSSR count). The zero-order valence-electron chi connectivity index (χ0n) is 15.0. The molecule has 12 N–H and O–H groups in total. The Morgan fingerprint density at radius 3 is 0.560 bits per heavy atom. The molecule has 0 saturated heterocycles. The summed E-state index contributed by atoms with van der Waals surface area (Å²) in [6.45, 7) is 6.50. The first kappa shape index (κ1) is 43.8. The molecule has 0 bridgehead atoms. The molecule has 0 saturated carbocycles. The Morgan fingerprint density at radius 2 is 0.560 bits per heavy atom. The molecule has 25 heavy (non-hydrogen) atoms. The molecule has 0 radical (unpaired) electrons. The maximum absolute atomic E-state index is 8.89. The fraction of sp³-hybridized carbons (Fsp3) is 0.750. The van der Waals surface area contributed by atoms with E-state index in [1.807, 2.05) is 0 Å². The van der Waals surface area contributed by atoms with Gasteiger partial charge in [-0.1, -0.05) is 0 Å². The topological polar surface area (TPSA) is 277 Å². The molecule has 0 amide bonds. The van der Waals surface area contributed by atoms with Gasteiger partial charge < -0.3 is 64.1 Å². The molecule has 13 heteroatoms. The van der Waals surface area contributed by atoms with E-state index < -0.39 is 17.9 Å². The smallest absolute Gasteiger partial charge is 0.550 e. The van der Waals surface area contributed by atoms with E-state index in [-0.39, 0.29) is 19.5 Å². The van der Waals surface area contributed by atoms with Gasteiger partial charge in [0.15, 0.2) is 0 Å². The second kappa shape index (κ2) is 56.9. The van der Waals surface area contributed by atoms with Gasteiger partial charge in [-0.3, -0.25) is 0 Å². The van der Waals surface area contributed by atoms with E-state index in [4.69, 9.17) is 64.1 Å². The van der Waals surface area contributed by atoms with Gasteiger partial charge in [0.1, 0.15) is 0 Å². The van der Waals surface area contributed by atoms with Crippen LogP contribution in [0.5, 0.6) is 0 Å². The van der Waals surface area contributed by atoms with Crippen LogP contribution in [0.15, 0.2) is 0 Å². The molecule has 156 valence electrons. The van der Waals surface area contributed by atoms with Crippen LogP contribution in [0.3, 0.4) is 0 Å². The third kappa shape index (κ3) is 3060. The zero-order chi connectivity index (χ0) is 21.0. The molecule has 0 aliphatic carbocycles. The quantitative estimate of drug-likeness (QED) is 0.214. The number of hydrogen-bond donors (Lipinski definition) is 6. The number of carbonyl (C=O) groups is 3. The molecule has 0 aromatic heterocycles. The van der Waals surface area contributed by atoms with Crippen molar-refractivity contribution in [2.24, 2.45) is 34.4 Å². The molecular formula is C12H33N6O6Rh. The normalized spacial score (nSPS) is 6.60. The molecule has 0 unspecified atom stereocenters. The van der Waals surface area contributed by atoms with Crippen molar-refractivity contribution < 1.29 is 49.2 Å². The van der Waals surface area contributed by atoms with Crippen molar-refractivity contribution in [1.29, 1.82) is 0 Å². The van der Waals surface area contributed by atoms with Gasteiger partial charge in [0.05, 0.1) is 0 Å². The number of aliphatic carboxylic acids is 3. The standard InChI is InChI=1S/3C2H8N2.3C2H4O2.Rh/c3*3-1-2-4;3*1-2(3)4;/h3*1-4H2;3*1H3,(H,3,4);/q;;;;;;+3/p-3. The van der Waals surface area contributed by atoms with Gasteiger partial charge in [-0.2, -0.15) is 0 Å². The maximum Gasteiger partial charge on any atom is 3.00 e. The Hall–Kier alpha value is -1.21. The summed E-state index contributed by atoms with van der Waals surface area (Å²) in [7, 11) is 0. The number of carboxylic acid groups (broad SMARTS) is 3. The van der Waals surface area contributed by atoms with Crippen LogP contribution in [-0.2, 0) is 33.9 Å². The van der Waals surface area contributed by atoms with E-state index in [0.717, 1.165) is 20.8 Å². The summed E-state index contributed by atoms with van der Waals surface area (Å²) in [6, 6.07) is 0. The van der Waals surface area contributed by atoms with Crippen LogP contribution in [0, 0.1) is 0 Å². The Labute approximate surface area is 162 Å². The SMILES string of the molecule is CC(=O)[O-].CC(=O)[O-].CC(=O)[O-].NCCN.NCCN.NCCN.[Rh+3]. The van der Waals surface area contributed by atoms with Crippen LogP contribution in [0.2, 0.25) is 0 Å². The summed E-state index contributed by atoms with van der Waals surface area (Å²) in [6.07, 6.45) is 0. The summed E-state index contributed by atoms with van der Waals surface area (Å²) in [4.78, 5) is 26.7. The first-order chi connectivity index (χ1) is 10.9. The minimum absolute atomic E-state index is 0. The number of hydrogen-bond acceptors (Lipinski definition) is 12. The van der Waals surface area contributed by atoms with Gasteiger partial charge >= 0.3 is 19.5 Å². The van der Waals surface area contributed by atoms with Crippen molar-refractivity contribution in [2.45, 2.75) is 20.8 Å². The minimum Gasteiger partial charge on any atom is -0.550 e. The molecule has 0 fully saturated rings. The van der Waals surface area contributed by atoms with E-state index in [9.17, 15) is 0 Å². The predicted molar refractivity (Wildman–Crippen MR) is 86.4 cm³/mol. The van der Waals surface area contributed by atoms with Crippen molar-refractivity contribution >= 4 is 17.9 Å². The molecule has 0 aliphatic heterocycles. The van der Waals surface area contributed by atoms with Gasteiger partial charge in [0, 0.05) is 57.2 Å². The third-order valence-electron chi connectivity index (χ3n) is 0.500. The van der Waals surface area contributed by atoms with Gasteiger partial charge in [-0.15, -0.1) is 0 Å². The van der Waals surface area contributed by atoms with Crippen molar-refractivity contribution in [3.8, 4) is 0 Å². The minimum atomic E-state index is -1.08. The summed E-state index contributed by atoms with van der Waals surface area (Å²) in [5.41, 5.74) is 29.4. The summed E-state index contributed by atoms with van der Waals surface area (Å²) in [5, 5.41) is 26.7. The van der Waals surface area contributed by atoms with Crippen molar-refractivity contribution in [3.63, 3.8) is 0 Å². The largest absolute Gasteiger partial charge is 3.00 e. The average molecular weight is 460 g/mol. The van der Waals surface area contributed by atoms with Crippen LogP contribution in [0.25, 0.3) is 0 Å². The first-order valence-electron chi connectivity index (χ1n) is 6.67. The van der Waals surface area contributed by atoms with Crippen LogP contribution < -0.4 is 49.7 Å². The Bertz CT molecular complexity index is 194. The summed E-state index contributed by atoms with van der Waals surface area (Å²) < 4.78 is 0. The van der Waals surface area contributed by atoms with Crippen molar-refractivity contribution in [3.05, 3.63) is 0 Å². The van der Waals surface area contributed by atoms with Crippen LogP contribution in [0.1, 0.15) is 20.8 Å². The van der Waals surface area contributed by atoms with E-state index in [0.29, 0.717) is 39.3 Å². The first-order valence-corrected chi connectivity index (χ1v) is 6.67. The van der Waals surface area contributed by atoms with E-state index >= 15 is 0 Å². The maximum atomic E-state index is 8.89. The van der Waals surface area contributed by atoms with Crippen LogP contribution >= 0.6 is 0 Å². The molecule has 12 nitrogen and oxygen atoms in total. The molecule has 0 aromatic rings. The molecule has 0 heterocycles. The second-order valence-corrected chi connectivity index (χ2v) is 3.21. The molecule has 0 spiro atoms. The molecule has 0 aromatic carbocycles. The Morgan fingerprint density at radius 1 is 0.520 bits per heavy atom. The van der Waals surface area contributed by atoms with Crippen molar-refractivity contribution in [1.82, 2.24) is 0 Å². The van der Waals surface area contributed by atoms with Crippen LogP contribution in [-0.4, -0.2) is 57.2 Å². The van der Waals surface area contributed by atoms with Gasteiger partial charge in [-0.05, 0) is 20.8 Å². The summed E-state index contributed by atoms with van der Waals surface area (Å²) >= 11 is 0. The summed E-state index contributed by atoms with van der Waals surface area (Å²) in [5.74, 6) is -3.25. The van der Waals surface area contributed by atoms with Crippen molar-refractivity contribution in [2.75, 3.05) is 39.3 Å². The van der Waals surface area contributed by atoms with Crippen LogP contribution in [0.4, 0.5) is 0 Å². The fourth-order valence-electron chi connectivity index (χ4n) is 0. The third-order valence-corrected chi connectivity index (χ3v) is 0.500. The number of nitrogens with two attached hydrogens (primary N) is 6. The van der Waals surface area contributed by atoms with Gasteiger partial charge in [-0.25, -0.2) is 0 Å². The zero-order valence-corrected chi connectivity index (χ0v) is 16.6. The number of rotatable bonds is 3. The number of carboxylic acids is 3. The second-order valence-electron chi connectivity index (χ2n) is 3.21. The Kier molecular flexibility index (Phi) is 99.8.